The number of aliphatic carboxylic acids is 2. The Hall–Kier alpha value is -4.53. The molecule has 1 aliphatic rings. The van der Waals surface area contributed by atoms with Crippen LogP contribution in [0.2, 0.25) is 0 Å². The van der Waals surface area contributed by atoms with Crippen LogP contribution < -0.4 is 10.6 Å². The minimum atomic E-state index is -5.08. The first kappa shape index (κ1) is 40.6. The van der Waals surface area contributed by atoms with E-state index in [1.807, 2.05) is 17.0 Å². The van der Waals surface area contributed by atoms with Crippen LogP contribution in [0.15, 0.2) is 66.7 Å². The van der Waals surface area contributed by atoms with Crippen molar-refractivity contribution in [2.75, 3.05) is 11.4 Å². The number of benzene rings is 2. The third-order valence-electron chi connectivity index (χ3n) is 7.75. The molecule has 4 atom stereocenters. The highest BCUT2D eigenvalue weighted by Crippen LogP contribution is 2.48. The number of aryl methyl sites for hydroxylation is 1. The second-order valence-electron chi connectivity index (χ2n) is 11.4. The number of carbonyl (C=O) groups is 3. The van der Waals surface area contributed by atoms with E-state index in [1.165, 1.54) is 11.6 Å². The van der Waals surface area contributed by atoms with Gasteiger partial charge in [-0.2, -0.15) is 30.7 Å². The summed E-state index contributed by atoms with van der Waals surface area (Å²) in [5.74, 6) is -5.92. The molecule has 4 N–H and O–H groups in total. The summed E-state index contributed by atoms with van der Waals surface area (Å²) >= 11 is 0. The SMILES string of the molecule is CCCc1ccc(-c2ccc(N(C[C@@H](N)[C@@H](C)CC)C(=O)[C@@H]3C[C@H]3c3cccc(F)n3)cc2)cc1.O=C(O)C(F)(F)F.O=C(O)C(F)(F)F. The number of carbonyl (C=O) groups excluding carboxylic acids is 1. The number of carboxylic acids is 2. The molecule has 1 saturated carbocycles. The number of hydrogen-bond donors (Lipinski definition) is 3. The standard InChI is InChI=1S/C30H36FN3O.2C2HF3O2/c1-4-7-21-10-12-22(13-11-21)23-14-16-24(17-15-23)34(19-27(32)20(3)5-2)30(35)26-18-25(26)28-8-6-9-29(31)33-28;2*3-2(4,5)1(6)7/h6,8-17,20,25-27H,4-5,7,18-19,32H2,1-3H3;2*(H,6,7)/t20-,25+,26+,27+;;/m0../s1. The number of rotatable bonds is 10. The molecule has 0 saturated heterocycles. The lowest BCUT2D eigenvalue weighted by atomic mass is 9.98. The smallest absolute Gasteiger partial charge is 0.475 e. The van der Waals surface area contributed by atoms with Crippen molar-refractivity contribution >= 4 is 23.5 Å². The second kappa shape index (κ2) is 17.7. The summed E-state index contributed by atoms with van der Waals surface area (Å²) < 4.78 is 77.1. The molecule has 0 radical (unpaired) electrons. The van der Waals surface area contributed by atoms with Crippen molar-refractivity contribution in [3.8, 4) is 11.1 Å². The van der Waals surface area contributed by atoms with Gasteiger partial charge in [0.05, 0.1) is 0 Å². The van der Waals surface area contributed by atoms with E-state index in [0.717, 1.165) is 36.1 Å². The van der Waals surface area contributed by atoms with Crippen LogP contribution in [0.5, 0.6) is 0 Å². The maximum Gasteiger partial charge on any atom is 0.490 e. The zero-order valence-electron chi connectivity index (χ0n) is 26.9. The van der Waals surface area contributed by atoms with Crippen molar-refractivity contribution < 1.29 is 55.3 Å². The summed E-state index contributed by atoms with van der Waals surface area (Å²) in [4.78, 5) is 37.2. The molecule has 49 heavy (non-hydrogen) atoms. The van der Waals surface area contributed by atoms with Gasteiger partial charge in [-0.05, 0) is 59.7 Å². The van der Waals surface area contributed by atoms with E-state index in [-0.39, 0.29) is 23.8 Å². The van der Waals surface area contributed by atoms with Crippen molar-refractivity contribution in [1.29, 1.82) is 0 Å². The number of nitrogens with zero attached hydrogens (tertiary/aromatic N) is 2. The number of nitrogens with two attached hydrogens (primary N) is 1. The van der Waals surface area contributed by atoms with Gasteiger partial charge in [0.15, 0.2) is 0 Å². The summed E-state index contributed by atoms with van der Waals surface area (Å²) in [6.45, 7) is 6.88. The van der Waals surface area contributed by atoms with Crippen molar-refractivity contribution in [2.24, 2.45) is 17.6 Å². The number of alkyl halides is 6. The number of amides is 1. The monoisotopic (exact) mass is 701 g/mol. The van der Waals surface area contributed by atoms with Crippen LogP contribution in [0.1, 0.15) is 57.2 Å². The number of anilines is 1. The van der Waals surface area contributed by atoms with Gasteiger partial charge in [0.1, 0.15) is 0 Å². The van der Waals surface area contributed by atoms with Crippen LogP contribution in [-0.2, 0) is 20.8 Å². The zero-order valence-corrected chi connectivity index (χ0v) is 26.9. The van der Waals surface area contributed by atoms with Crippen LogP contribution in [0, 0.1) is 17.8 Å². The number of carboxylic acid groups (broad SMARTS) is 2. The van der Waals surface area contributed by atoms with Crippen LogP contribution in [0.3, 0.4) is 0 Å². The summed E-state index contributed by atoms with van der Waals surface area (Å²) in [6.07, 6.45) is -6.31. The molecule has 15 heteroatoms. The molecule has 4 rings (SSSR count). The Labute approximate surface area is 278 Å². The topological polar surface area (TPSA) is 134 Å². The molecule has 1 heterocycles. The molecule has 2 aromatic carbocycles. The molecule has 268 valence electrons. The Morgan fingerprint density at radius 1 is 0.878 bits per heavy atom. The number of aromatic nitrogens is 1. The fourth-order valence-corrected chi connectivity index (χ4v) is 4.63. The average Bonchev–Trinajstić information content (AvgIpc) is 3.84. The highest BCUT2D eigenvalue weighted by molar-refractivity contribution is 5.97. The van der Waals surface area contributed by atoms with Crippen molar-refractivity contribution in [1.82, 2.24) is 4.98 Å². The van der Waals surface area contributed by atoms with Gasteiger partial charge in [-0.15, -0.1) is 0 Å². The zero-order chi connectivity index (χ0) is 37.1. The highest BCUT2D eigenvalue weighted by atomic mass is 19.4. The normalized spacial score (nSPS) is 16.6. The lowest BCUT2D eigenvalue weighted by molar-refractivity contribution is -0.193. The molecular formula is C34H38F7N3O5. The fraction of sp³-hybridized carbons (Fsp3) is 0.412. The summed E-state index contributed by atoms with van der Waals surface area (Å²) in [6, 6.07) is 21.5. The van der Waals surface area contributed by atoms with E-state index in [0.29, 0.717) is 24.6 Å². The molecule has 0 aliphatic heterocycles. The number of hydrogen-bond acceptors (Lipinski definition) is 5. The van der Waals surface area contributed by atoms with E-state index in [2.05, 4.69) is 62.2 Å². The van der Waals surface area contributed by atoms with Gasteiger partial charge in [-0.3, -0.25) is 4.79 Å². The van der Waals surface area contributed by atoms with E-state index < -0.39 is 30.2 Å². The minimum absolute atomic E-state index is 0.0384. The Bertz CT molecular complexity index is 1510. The first-order valence-corrected chi connectivity index (χ1v) is 15.3. The molecule has 0 bridgehead atoms. The van der Waals surface area contributed by atoms with Crippen LogP contribution in [0.25, 0.3) is 11.1 Å². The van der Waals surface area contributed by atoms with E-state index in [4.69, 9.17) is 25.5 Å². The Balaban J connectivity index is 0.000000500. The van der Waals surface area contributed by atoms with Gasteiger partial charge in [0.25, 0.3) is 0 Å². The van der Waals surface area contributed by atoms with Gasteiger partial charge < -0.3 is 20.8 Å². The molecule has 1 fully saturated rings. The van der Waals surface area contributed by atoms with E-state index in [1.54, 1.807) is 12.1 Å². The average molecular weight is 702 g/mol. The highest BCUT2D eigenvalue weighted by Gasteiger charge is 2.47. The largest absolute Gasteiger partial charge is 0.490 e. The number of pyridine rings is 1. The Morgan fingerprint density at radius 2 is 1.37 bits per heavy atom. The molecule has 8 nitrogen and oxygen atoms in total. The van der Waals surface area contributed by atoms with Gasteiger partial charge in [-0.25, -0.2) is 14.6 Å². The van der Waals surface area contributed by atoms with E-state index in [9.17, 15) is 35.5 Å². The van der Waals surface area contributed by atoms with E-state index >= 15 is 0 Å². The van der Waals surface area contributed by atoms with Crippen molar-refractivity contribution in [2.45, 2.75) is 70.8 Å². The van der Waals surface area contributed by atoms with Crippen LogP contribution in [0.4, 0.5) is 36.4 Å². The van der Waals surface area contributed by atoms with Gasteiger partial charge in [0, 0.05) is 35.8 Å². The maximum atomic E-state index is 13.6. The molecule has 1 amide bonds. The van der Waals surface area contributed by atoms with Crippen LogP contribution >= 0.6 is 0 Å². The van der Waals surface area contributed by atoms with Gasteiger partial charge in [-0.1, -0.05) is 76.1 Å². The quantitative estimate of drug-likeness (QED) is 0.146. The van der Waals surface area contributed by atoms with Crippen molar-refractivity contribution in [3.05, 3.63) is 83.9 Å². The fourth-order valence-electron chi connectivity index (χ4n) is 4.63. The molecule has 1 aromatic heterocycles. The Morgan fingerprint density at radius 3 is 1.80 bits per heavy atom. The second-order valence-corrected chi connectivity index (χ2v) is 11.4. The molecule has 1 aliphatic carbocycles. The Kier molecular flexibility index (Phi) is 14.7. The molecule has 0 spiro atoms. The molecule has 0 unspecified atom stereocenters. The minimum Gasteiger partial charge on any atom is -0.475 e. The first-order chi connectivity index (χ1) is 22.8. The first-order valence-electron chi connectivity index (χ1n) is 15.3. The lowest BCUT2D eigenvalue weighted by Crippen LogP contribution is -2.45. The van der Waals surface area contributed by atoms with Gasteiger partial charge >= 0.3 is 24.3 Å². The third-order valence-corrected chi connectivity index (χ3v) is 7.75. The van der Waals surface area contributed by atoms with Gasteiger partial charge in [0.2, 0.25) is 11.9 Å². The predicted octanol–water partition coefficient (Wildman–Crippen LogP) is 7.62. The lowest BCUT2D eigenvalue weighted by Gasteiger charge is -2.29. The summed E-state index contributed by atoms with van der Waals surface area (Å²) in [7, 11) is 0. The summed E-state index contributed by atoms with van der Waals surface area (Å²) in [5, 5.41) is 14.2. The van der Waals surface area contributed by atoms with Crippen molar-refractivity contribution in [3.63, 3.8) is 0 Å². The molecule has 3 aromatic rings. The van der Waals surface area contributed by atoms with Crippen LogP contribution in [-0.4, -0.2) is 58.0 Å². The predicted molar refractivity (Wildman–Crippen MR) is 168 cm³/mol. The molecular weight excluding hydrogens is 663 g/mol. The number of halogens is 7. The maximum absolute atomic E-state index is 13.6. The third kappa shape index (κ3) is 12.8. The summed E-state index contributed by atoms with van der Waals surface area (Å²) in [5.41, 5.74) is 11.6.